The van der Waals surface area contributed by atoms with Gasteiger partial charge in [-0.3, -0.25) is 0 Å². The van der Waals surface area contributed by atoms with Gasteiger partial charge in [-0.15, -0.1) is 0 Å². The summed E-state index contributed by atoms with van der Waals surface area (Å²) < 4.78 is 5.68. The molecule has 3 rings (SSSR count). The van der Waals surface area contributed by atoms with Crippen molar-refractivity contribution in [1.29, 1.82) is 0 Å². The molecule has 1 N–H and O–H groups in total. The Kier molecular flexibility index (Phi) is 2.74. The molecular formula is C14H19N3O. The van der Waals surface area contributed by atoms with Gasteiger partial charge in [0.25, 0.3) is 0 Å². The molecule has 0 atom stereocenters. The third kappa shape index (κ3) is 1.77. The highest BCUT2D eigenvalue weighted by Crippen LogP contribution is 2.31. The maximum absolute atomic E-state index is 5.68. The van der Waals surface area contributed by atoms with Crippen molar-refractivity contribution < 1.29 is 4.42 Å². The number of nitrogens with one attached hydrogen (secondary N) is 1. The van der Waals surface area contributed by atoms with E-state index in [2.05, 4.69) is 35.1 Å². The molecule has 0 spiro atoms. The summed E-state index contributed by atoms with van der Waals surface area (Å²) in [6.07, 6.45) is 0. The first-order valence-electron chi connectivity index (χ1n) is 6.50. The molecule has 1 aliphatic rings. The van der Waals surface area contributed by atoms with Crippen molar-refractivity contribution in [2.45, 2.75) is 20.8 Å². The first-order chi connectivity index (χ1) is 8.66. The fourth-order valence-corrected chi connectivity index (χ4v) is 2.64. The van der Waals surface area contributed by atoms with Crippen LogP contribution >= 0.6 is 0 Å². The van der Waals surface area contributed by atoms with Crippen molar-refractivity contribution in [3.63, 3.8) is 0 Å². The Hall–Kier alpha value is -1.55. The Morgan fingerprint density at radius 3 is 2.61 bits per heavy atom. The highest BCUT2D eigenvalue weighted by Gasteiger charge is 2.17. The third-order valence-electron chi connectivity index (χ3n) is 3.78. The zero-order valence-corrected chi connectivity index (χ0v) is 11.2. The van der Waals surface area contributed by atoms with Crippen molar-refractivity contribution >= 4 is 16.8 Å². The summed E-state index contributed by atoms with van der Waals surface area (Å²) >= 11 is 0. The Balaban J connectivity index is 2.13. The minimum absolute atomic E-state index is 0.741. The summed E-state index contributed by atoms with van der Waals surface area (Å²) in [4.78, 5) is 6.89. The van der Waals surface area contributed by atoms with E-state index in [1.807, 2.05) is 6.92 Å². The molecule has 1 aromatic heterocycles. The predicted molar refractivity (Wildman–Crippen MR) is 73.3 cm³/mol. The van der Waals surface area contributed by atoms with Crippen LogP contribution < -0.4 is 10.2 Å². The molecule has 4 nitrogen and oxygen atoms in total. The van der Waals surface area contributed by atoms with Crippen LogP contribution in [0.25, 0.3) is 11.1 Å². The molecule has 96 valence electrons. The second kappa shape index (κ2) is 4.28. The Morgan fingerprint density at radius 2 is 1.89 bits per heavy atom. The van der Waals surface area contributed by atoms with Crippen molar-refractivity contribution in [3.8, 4) is 0 Å². The van der Waals surface area contributed by atoms with E-state index in [0.717, 1.165) is 43.2 Å². The molecular weight excluding hydrogens is 226 g/mol. The number of oxazole rings is 1. The molecule has 1 fully saturated rings. The van der Waals surface area contributed by atoms with Crippen LogP contribution in [0.3, 0.4) is 0 Å². The maximum Gasteiger partial charge on any atom is 0.192 e. The zero-order chi connectivity index (χ0) is 12.7. The molecule has 18 heavy (non-hydrogen) atoms. The molecule has 0 bridgehead atoms. The van der Waals surface area contributed by atoms with Crippen LogP contribution in [0.4, 0.5) is 5.69 Å². The summed E-state index contributed by atoms with van der Waals surface area (Å²) in [5, 5.41) is 3.38. The number of aryl methyl sites for hydroxylation is 2. The van der Waals surface area contributed by atoms with E-state index in [1.54, 1.807) is 0 Å². The van der Waals surface area contributed by atoms with Gasteiger partial charge in [0.1, 0.15) is 5.52 Å². The van der Waals surface area contributed by atoms with Crippen LogP contribution in [-0.4, -0.2) is 31.2 Å². The monoisotopic (exact) mass is 245 g/mol. The van der Waals surface area contributed by atoms with Crippen LogP contribution in [0.15, 0.2) is 10.5 Å². The van der Waals surface area contributed by atoms with Crippen molar-refractivity contribution in [3.05, 3.63) is 23.1 Å². The predicted octanol–water partition coefficient (Wildman–Crippen LogP) is 2.16. The number of piperazine rings is 1. The van der Waals surface area contributed by atoms with Crippen LogP contribution in [0.1, 0.15) is 17.0 Å². The SMILES string of the molecule is Cc1nc2cc(N3CCNCC3)c(C)c(C)c2o1. The molecule has 1 aromatic carbocycles. The third-order valence-corrected chi connectivity index (χ3v) is 3.78. The maximum atomic E-state index is 5.68. The minimum atomic E-state index is 0.741. The number of nitrogens with zero attached hydrogens (tertiary/aromatic N) is 2. The van der Waals surface area contributed by atoms with Crippen molar-refractivity contribution in [2.75, 3.05) is 31.1 Å². The number of fused-ring (bicyclic) bond motifs is 1. The van der Waals surface area contributed by atoms with E-state index in [9.17, 15) is 0 Å². The average molecular weight is 245 g/mol. The number of rotatable bonds is 1. The van der Waals surface area contributed by atoms with Crippen LogP contribution in [0.5, 0.6) is 0 Å². The van der Waals surface area contributed by atoms with Gasteiger partial charge in [-0.05, 0) is 31.0 Å². The van der Waals surface area contributed by atoms with Crippen LogP contribution in [-0.2, 0) is 0 Å². The Labute approximate surface area is 107 Å². The molecule has 0 aliphatic carbocycles. The fourth-order valence-electron chi connectivity index (χ4n) is 2.64. The lowest BCUT2D eigenvalue weighted by molar-refractivity contribution is 0.558. The van der Waals surface area contributed by atoms with E-state index in [4.69, 9.17) is 4.42 Å². The average Bonchev–Trinajstić information content (AvgIpc) is 2.76. The summed E-state index contributed by atoms with van der Waals surface area (Å²) in [6.45, 7) is 10.4. The molecule has 0 radical (unpaired) electrons. The van der Waals surface area contributed by atoms with Gasteiger partial charge < -0.3 is 14.6 Å². The number of hydrogen-bond acceptors (Lipinski definition) is 4. The number of benzene rings is 1. The lowest BCUT2D eigenvalue weighted by Gasteiger charge is -2.31. The highest BCUT2D eigenvalue weighted by molar-refractivity contribution is 5.83. The van der Waals surface area contributed by atoms with Gasteiger partial charge in [0.2, 0.25) is 0 Å². The first-order valence-corrected chi connectivity index (χ1v) is 6.50. The second-order valence-electron chi connectivity index (χ2n) is 4.96. The van der Waals surface area contributed by atoms with Crippen molar-refractivity contribution in [2.24, 2.45) is 0 Å². The number of anilines is 1. The standard InChI is InChI=1S/C14H19N3O/c1-9-10(2)14-12(16-11(3)18-14)8-13(9)17-6-4-15-5-7-17/h8,15H,4-7H2,1-3H3. The molecule has 0 amide bonds. The Morgan fingerprint density at radius 1 is 1.17 bits per heavy atom. The van der Waals surface area contributed by atoms with E-state index in [0.29, 0.717) is 0 Å². The molecule has 0 saturated carbocycles. The van der Waals surface area contributed by atoms with Crippen molar-refractivity contribution in [1.82, 2.24) is 10.3 Å². The van der Waals surface area contributed by atoms with Gasteiger partial charge in [-0.1, -0.05) is 0 Å². The molecule has 1 saturated heterocycles. The topological polar surface area (TPSA) is 41.3 Å². The molecule has 1 aliphatic heterocycles. The lowest BCUT2D eigenvalue weighted by Crippen LogP contribution is -2.43. The zero-order valence-electron chi connectivity index (χ0n) is 11.2. The summed E-state index contributed by atoms with van der Waals surface area (Å²) in [5.41, 5.74) is 5.73. The fraction of sp³-hybridized carbons (Fsp3) is 0.500. The molecule has 2 heterocycles. The molecule has 2 aromatic rings. The number of hydrogen-bond donors (Lipinski definition) is 1. The number of aromatic nitrogens is 1. The van der Waals surface area contributed by atoms with Crippen LogP contribution in [0.2, 0.25) is 0 Å². The lowest BCUT2D eigenvalue weighted by atomic mass is 10.1. The van der Waals surface area contributed by atoms with E-state index < -0.39 is 0 Å². The van der Waals surface area contributed by atoms with Gasteiger partial charge in [-0.25, -0.2) is 4.98 Å². The van der Waals surface area contributed by atoms with Gasteiger partial charge in [0.05, 0.1) is 0 Å². The van der Waals surface area contributed by atoms with E-state index in [-0.39, 0.29) is 0 Å². The van der Waals surface area contributed by atoms with Gasteiger partial charge >= 0.3 is 0 Å². The van der Waals surface area contributed by atoms with Gasteiger partial charge in [0.15, 0.2) is 11.5 Å². The highest BCUT2D eigenvalue weighted by atomic mass is 16.3. The summed E-state index contributed by atoms with van der Waals surface area (Å²) in [6, 6.07) is 2.17. The minimum Gasteiger partial charge on any atom is -0.441 e. The normalized spacial score (nSPS) is 16.5. The van der Waals surface area contributed by atoms with Crippen LogP contribution in [0, 0.1) is 20.8 Å². The smallest absolute Gasteiger partial charge is 0.192 e. The van der Waals surface area contributed by atoms with E-state index in [1.165, 1.54) is 16.8 Å². The van der Waals surface area contributed by atoms with E-state index >= 15 is 0 Å². The molecule has 0 unspecified atom stereocenters. The van der Waals surface area contributed by atoms with Gasteiger partial charge in [-0.2, -0.15) is 0 Å². The summed E-state index contributed by atoms with van der Waals surface area (Å²) in [5.74, 6) is 0.741. The summed E-state index contributed by atoms with van der Waals surface area (Å²) in [7, 11) is 0. The Bertz CT molecular complexity index is 582. The first kappa shape index (κ1) is 11.5. The quantitative estimate of drug-likeness (QED) is 0.836. The second-order valence-corrected chi connectivity index (χ2v) is 4.96. The van der Waals surface area contributed by atoms with Gasteiger partial charge in [0, 0.05) is 38.8 Å². The molecule has 4 heteroatoms. The largest absolute Gasteiger partial charge is 0.441 e.